The predicted octanol–water partition coefficient (Wildman–Crippen LogP) is 19.3. The molecule has 0 N–H and O–H groups in total. The predicted molar refractivity (Wildman–Crippen MR) is 340 cm³/mol. The summed E-state index contributed by atoms with van der Waals surface area (Å²) in [5.41, 5.74) is 14.7. The highest BCUT2D eigenvalue weighted by Gasteiger charge is 2.23. The zero-order chi connectivity index (χ0) is 52.4. The fourth-order valence-electron chi connectivity index (χ4n) is 12.8. The van der Waals surface area contributed by atoms with Crippen molar-refractivity contribution in [1.82, 2.24) is 0 Å². The third-order valence-electron chi connectivity index (χ3n) is 16.8. The molecular formula is C79H52. The zero-order valence-corrected chi connectivity index (χ0v) is 43.6. The maximum atomic E-state index is 5.92. The van der Waals surface area contributed by atoms with E-state index in [1.165, 1.54) is 142 Å². The van der Waals surface area contributed by atoms with Gasteiger partial charge < -0.3 is 0 Å². The van der Waals surface area contributed by atoms with Crippen LogP contribution in [0.2, 0.25) is 0 Å². The molecule has 0 unspecified atom stereocenters. The van der Waals surface area contributed by atoms with Gasteiger partial charge in [0.05, 0.1) is 0 Å². The summed E-state index contributed by atoms with van der Waals surface area (Å²) < 4.78 is 0. The Morgan fingerprint density at radius 3 is 1.29 bits per heavy atom. The minimum atomic E-state index is 0.379. The number of benzene rings is 13. The van der Waals surface area contributed by atoms with Gasteiger partial charge in [-0.15, -0.1) is 6.42 Å². The van der Waals surface area contributed by atoms with E-state index in [1.807, 2.05) is 6.08 Å². The minimum Gasteiger partial charge on any atom is -0.115 e. The molecule has 0 aliphatic heterocycles. The highest BCUT2D eigenvalue weighted by Crippen LogP contribution is 2.48. The Labute approximate surface area is 460 Å². The SMILES string of the molecule is C#C/C=c1/cccc/c1=C/Cc1cc2c(cc1-c1ccc3ccccc3c1)c1cc(C3=CC[C@@H]4C=CC=CC4=C3)c(-c3ccc4ccccc4c3)cc1c1cc(-c3ccc4ccccc4c3)c(-c3ccc4ccccc4c3)cc21. The van der Waals surface area contributed by atoms with E-state index in [0.29, 0.717) is 12.3 Å². The van der Waals surface area contributed by atoms with Gasteiger partial charge in [-0.1, -0.05) is 218 Å². The van der Waals surface area contributed by atoms with Gasteiger partial charge in [0.15, 0.2) is 0 Å². The molecule has 0 amide bonds. The molecule has 0 radical (unpaired) electrons. The Morgan fingerprint density at radius 1 is 0.392 bits per heavy atom. The van der Waals surface area contributed by atoms with Crippen molar-refractivity contribution in [2.24, 2.45) is 5.92 Å². The van der Waals surface area contributed by atoms with Crippen LogP contribution in [0.3, 0.4) is 0 Å². The van der Waals surface area contributed by atoms with E-state index in [2.05, 4.69) is 279 Å². The topological polar surface area (TPSA) is 0 Å². The summed E-state index contributed by atoms with van der Waals surface area (Å²) in [6.45, 7) is 0. The molecule has 0 aromatic heterocycles. The van der Waals surface area contributed by atoms with E-state index in [1.54, 1.807) is 0 Å². The lowest BCUT2D eigenvalue weighted by atomic mass is 9.80. The molecule has 2 aliphatic rings. The van der Waals surface area contributed by atoms with Gasteiger partial charge in [0.2, 0.25) is 0 Å². The number of hydrogen-bond donors (Lipinski definition) is 0. The number of allylic oxidation sites excluding steroid dienone is 8. The van der Waals surface area contributed by atoms with Crippen molar-refractivity contribution in [1.29, 1.82) is 0 Å². The molecule has 0 saturated heterocycles. The quantitative estimate of drug-likeness (QED) is 0.110. The average molecular weight is 1000 g/mol. The first-order valence-electron chi connectivity index (χ1n) is 27.6. The molecular weight excluding hydrogens is 949 g/mol. The lowest BCUT2D eigenvalue weighted by Gasteiger charge is -2.24. The van der Waals surface area contributed by atoms with Crippen LogP contribution in [0.1, 0.15) is 17.5 Å². The molecule has 0 heteroatoms. The number of hydrogen-bond acceptors (Lipinski definition) is 0. The van der Waals surface area contributed by atoms with E-state index in [9.17, 15) is 0 Å². The Balaban J connectivity index is 1.10. The largest absolute Gasteiger partial charge is 0.115 e. The summed E-state index contributed by atoms with van der Waals surface area (Å²) in [5, 5.41) is 19.3. The molecule has 0 spiro atoms. The maximum absolute atomic E-state index is 5.92. The first-order chi connectivity index (χ1) is 39.1. The van der Waals surface area contributed by atoms with E-state index in [4.69, 9.17) is 6.42 Å². The van der Waals surface area contributed by atoms with Crippen molar-refractivity contribution in [2.45, 2.75) is 12.8 Å². The van der Waals surface area contributed by atoms with Crippen molar-refractivity contribution in [2.75, 3.05) is 0 Å². The summed E-state index contributed by atoms with van der Waals surface area (Å²) in [6.07, 6.45) is 25.8. The lowest BCUT2D eigenvalue weighted by Crippen LogP contribution is -2.23. The highest BCUT2D eigenvalue weighted by atomic mass is 14.3. The fraction of sp³-hybridized carbons (Fsp3) is 0.0380. The number of fused-ring (bicyclic) bond motifs is 11. The lowest BCUT2D eigenvalue weighted by molar-refractivity contribution is 0.783. The fourth-order valence-corrected chi connectivity index (χ4v) is 12.8. The number of terminal acetylenes is 1. The van der Waals surface area contributed by atoms with Crippen LogP contribution in [-0.4, -0.2) is 0 Å². The van der Waals surface area contributed by atoms with E-state index >= 15 is 0 Å². The van der Waals surface area contributed by atoms with Gasteiger partial charge in [0, 0.05) is 5.92 Å². The number of rotatable bonds is 7. The van der Waals surface area contributed by atoms with Gasteiger partial charge >= 0.3 is 0 Å². The Bertz CT molecular complexity index is 5020. The van der Waals surface area contributed by atoms with Gasteiger partial charge in [-0.05, 0) is 232 Å². The van der Waals surface area contributed by atoms with Gasteiger partial charge in [0.1, 0.15) is 0 Å². The molecule has 0 fully saturated rings. The molecule has 1 atom stereocenters. The summed E-state index contributed by atoms with van der Waals surface area (Å²) >= 11 is 0. The Morgan fingerprint density at radius 2 is 0.797 bits per heavy atom. The second-order valence-corrected chi connectivity index (χ2v) is 21.4. The van der Waals surface area contributed by atoms with Crippen LogP contribution in [0.25, 0.3) is 138 Å². The Hall–Kier alpha value is -10.1. The van der Waals surface area contributed by atoms with Crippen molar-refractivity contribution in [3.8, 4) is 56.9 Å². The van der Waals surface area contributed by atoms with Gasteiger partial charge in [-0.25, -0.2) is 0 Å². The first kappa shape index (κ1) is 46.3. The molecule has 0 bridgehead atoms. The molecule has 13 aromatic rings. The van der Waals surface area contributed by atoms with Crippen LogP contribution < -0.4 is 10.4 Å². The first-order valence-corrected chi connectivity index (χ1v) is 27.6. The second-order valence-electron chi connectivity index (χ2n) is 21.4. The molecule has 79 heavy (non-hydrogen) atoms. The molecule has 0 saturated carbocycles. The second kappa shape index (κ2) is 19.2. The van der Waals surface area contributed by atoms with Crippen LogP contribution in [0, 0.1) is 18.3 Å². The van der Waals surface area contributed by atoms with Crippen LogP contribution in [0.4, 0.5) is 0 Å². The van der Waals surface area contributed by atoms with Gasteiger partial charge in [-0.3, -0.25) is 0 Å². The zero-order valence-electron chi connectivity index (χ0n) is 43.6. The minimum absolute atomic E-state index is 0.379. The molecule has 0 nitrogen and oxygen atoms in total. The van der Waals surface area contributed by atoms with E-state index < -0.39 is 0 Å². The highest BCUT2D eigenvalue weighted by molar-refractivity contribution is 6.28. The third-order valence-corrected chi connectivity index (χ3v) is 16.8. The Kier molecular flexibility index (Phi) is 11.2. The summed E-state index contributed by atoms with van der Waals surface area (Å²) in [7, 11) is 0. The van der Waals surface area contributed by atoms with Crippen molar-refractivity contribution >= 4 is 93.1 Å². The summed E-state index contributed by atoms with van der Waals surface area (Å²) in [5.74, 6) is 3.18. The molecule has 2 aliphatic carbocycles. The van der Waals surface area contributed by atoms with E-state index in [-0.39, 0.29) is 0 Å². The van der Waals surface area contributed by atoms with Crippen molar-refractivity contribution in [3.05, 3.63) is 294 Å². The van der Waals surface area contributed by atoms with Gasteiger partial charge in [0.25, 0.3) is 0 Å². The molecule has 0 heterocycles. The summed E-state index contributed by atoms with van der Waals surface area (Å²) in [4.78, 5) is 0. The normalized spacial score (nSPS) is 14.6. The molecule has 368 valence electrons. The monoisotopic (exact) mass is 1000 g/mol. The average Bonchev–Trinajstić information content (AvgIpc) is 3.63. The van der Waals surface area contributed by atoms with Crippen molar-refractivity contribution in [3.63, 3.8) is 0 Å². The van der Waals surface area contributed by atoms with Gasteiger partial charge in [-0.2, -0.15) is 0 Å². The molecule has 15 rings (SSSR count). The smallest absolute Gasteiger partial charge is 0.00561 e. The maximum Gasteiger partial charge on any atom is 0.00561 e. The van der Waals surface area contributed by atoms with Crippen LogP contribution in [0.5, 0.6) is 0 Å². The van der Waals surface area contributed by atoms with Crippen molar-refractivity contribution < 1.29 is 0 Å². The third kappa shape index (κ3) is 8.28. The van der Waals surface area contributed by atoms with E-state index in [0.717, 1.165) is 16.9 Å². The standard InChI is InChI=1S/C79H52/c1-2-15-51-16-3-4-17-52(51)28-39-68-45-74-75(46-69(68)63-34-29-53-18-5-10-23-58(53)40-63)77-48-71(65-36-31-55-20-7-12-25-60(55)42-65)73(67-38-33-57-22-9-14-27-62(57)44-67)50-79(77)78-49-72(66-37-32-56-21-8-13-26-61(56)43-66)70(47-76(74)78)64-35-30-54-19-6-11-24-59(54)41-64/h1,3-30,32-38,40-50,55H,31,39H2/b51-15-,52-28-/t55-/m0/s1. The molecule has 13 aromatic carbocycles. The van der Waals surface area contributed by atoms with Crippen LogP contribution in [0.15, 0.2) is 273 Å². The van der Waals surface area contributed by atoms with Crippen LogP contribution >= 0.6 is 0 Å². The summed E-state index contributed by atoms with van der Waals surface area (Å²) in [6, 6.07) is 86.5. The van der Waals surface area contributed by atoms with Crippen LogP contribution in [-0.2, 0) is 6.42 Å².